The molecule has 3 N–H and O–H groups in total. The summed E-state index contributed by atoms with van der Waals surface area (Å²) in [6.07, 6.45) is 1.41. The van der Waals surface area contributed by atoms with Gasteiger partial charge in [-0.3, -0.25) is 0 Å². The summed E-state index contributed by atoms with van der Waals surface area (Å²) in [7, 11) is 0. The molecule has 0 aliphatic heterocycles. The zero-order valence-corrected chi connectivity index (χ0v) is 11.2. The number of hydrogen-bond acceptors (Lipinski definition) is 3. The molecule has 3 rings (SSSR count). The Balaban J connectivity index is 2.42. The summed E-state index contributed by atoms with van der Waals surface area (Å²) in [5.41, 5.74) is 0.886. The summed E-state index contributed by atoms with van der Waals surface area (Å²) in [4.78, 5) is 33.8. The third kappa shape index (κ3) is 2.01. The summed E-state index contributed by atoms with van der Waals surface area (Å²) in [5.74, 6) is -3.43. The van der Waals surface area contributed by atoms with E-state index in [0.29, 0.717) is 21.9 Å². The molecule has 0 amide bonds. The van der Waals surface area contributed by atoms with E-state index in [9.17, 15) is 24.6 Å². The van der Waals surface area contributed by atoms with Crippen molar-refractivity contribution in [1.29, 1.82) is 0 Å². The normalized spacial score (nSPS) is 12.8. The SMILES string of the molecule is O=C(O)C1=Cc2c(C(=O)O)ccc3cc(C(=O)O)cc(c23)C1. The van der Waals surface area contributed by atoms with E-state index in [4.69, 9.17) is 5.11 Å². The summed E-state index contributed by atoms with van der Waals surface area (Å²) in [5, 5.41) is 28.8. The first-order chi connectivity index (χ1) is 10.4. The Morgan fingerprint density at radius 2 is 1.64 bits per heavy atom. The third-order valence-electron chi connectivity index (χ3n) is 3.69. The molecule has 2 aromatic rings. The number of carboxylic acids is 3. The van der Waals surface area contributed by atoms with Crippen LogP contribution in [0.4, 0.5) is 0 Å². The smallest absolute Gasteiger partial charge is 0.336 e. The summed E-state index contributed by atoms with van der Waals surface area (Å²) in [6, 6.07) is 5.75. The molecule has 2 aromatic carbocycles. The lowest BCUT2D eigenvalue weighted by Gasteiger charge is -2.18. The van der Waals surface area contributed by atoms with Gasteiger partial charge in [-0.15, -0.1) is 0 Å². The van der Waals surface area contributed by atoms with Gasteiger partial charge in [0, 0.05) is 12.0 Å². The molecule has 0 radical (unpaired) electrons. The molecule has 0 heterocycles. The number of benzene rings is 2. The average Bonchev–Trinajstić information content (AvgIpc) is 2.46. The molecule has 0 unspecified atom stereocenters. The highest BCUT2D eigenvalue weighted by molar-refractivity contribution is 6.09. The van der Waals surface area contributed by atoms with Crippen LogP contribution in [0.5, 0.6) is 0 Å². The van der Waals surface area contributed by atoms with Gasteiger partial charge in [-0.2, -0.15) is 0 Å². The van der Waals surface area contributed by atoms with E-state index in [1.54, 1.807) is 0 Å². The lowest BCUT2D eigenvalue weighted by atomic mass is 9.85. The van der Waals surface area contributed by atoms with E-state index in [0.717, 1.165) is 0 Å². The largest absolute Gasteiger partial charge is 0.478 e. The summed E-state index contributed by atoms with van der Waals surface area (Å²) in [6.45, 7) is 0. The zero-order chi connectivity index (χ0) is 16.0. The fourth-order valence-electron chi connectivity index (χ4n) is 2.75. The molecule has 110 valence electrons. The maximum atomic E-state index is 11.3. The molecule has 22 heavy (non-hydrogen) atoms. The van der Waals surface area contributed by atoms with E-state index < -0.39 is 17.9 Å². The van der Waals surface area contributed by atoms with Crippen molar-refractivity contribution in [3.8, 4) is 0 Å². The molecule has 1 aliphatic rings. The van der Waals surface area contributed by atoms with Gasteiger partial charge in [-0.25, -0.2) is 14.4 Å². The highest BCUT2D eigenvalue weighted by atomic mass is 16.4. The molecule has 0 bridgehead atoms. The van der Waals surface area contributed by atoms with Gasteiger partial charge in [-0.05, 0) is 46.2 Å². The van der Waals surface area contributed by atoms with E-state index in [1.807, 2.05) is 0 Å². The van der Waals surface area contributed by atoms with Gasteiger partial charge < -0.3 is 15.3 Å². The second kappa shape index (κ2) is 4.70. The maximum absolute atomic E-state index is 11.3. The Kier molecular flexibility index (Phi) is 2.95. The Bertz CT molecular complexity index is 891. The number of aliphatic carboxylic acids is 1. The van der Waals surface area contributed by atoms with Gasteiger partial charge in [0.25, 0.3) is 0 Å². The van der Waals surface area contributed by atoms with Crippen molar-refractivity contribution in [1.82, 2.24) is 0 Å². The van der Waals surface area contributed by atoms with Crippen LogP contribution in [0.15, 0.2) is 29.8 Å². The van der Waals surface area contributed by atoms with Crippen LogP contribution in [0, 0.1) is 0 Å². The Hall–Kier alpha value is -3.15. The number of aromatic carboxylic acids is 2. The first kappa shape index (κ1) is 13.8. The van der Waals surface area contributed by atoms with Crippen molar-refractivity contribution in [3.63, 3.8) is 0 Å². The quantitative estimate of drug-likeness (QED) is 0.801. The molecule has 1 aliphatic carbocycles. The van der Waals surface area contributed by atoms with E-state index in [-0.39, 0.29) is 23.1 Å². The van der Waals surface area contributed by atoms with Crippen LogP contribution in [0.2, 0.25) is 0 Å². The minimum atomic E-state index is -1.16. The van der Waals surface area contributed by atoms with Crippen LogP contribution in [-0.4, -0.2) is 33.2 Å². The second-order valence-electron chi connectivity index (χ2n) is 5.02. The van der Waals surface area contributed by atoms with Crippen LogP contribution < -0.4 is 0 Å². The molecular formula is C16H10O6. The van der Waals surface area contributed by atoms with Crippen molar-refractivity contribution in [2.75, 3.05) is 0 Å². The zero-order valence-electron chi connectivity index (χ0n) is 11.2. The van der Waals surface area contributed by atoms with Crippen LogP contribution in [0.25, 0.3) is 16.8 Å². The predicted molar refractivity (Wildman–Crippen MR) is 77.2 cm³/mol. The van der Waals surface area contributed by atoms with Crippen molar-refractivity contribution >= 4 is 34.8 Å². The van der Waals surface area contributed by atoms with Crippen LogP contribution in [0.3, 0.4) is 0 Å². The monoisotopic (exact) mass is 298 g/mol. The number of rotatable bonds is 3. The Morgan fingerprint density at radius 3 is 2.23 bits per heavy atom. The molecule has 6 nitrogen and oxygen atoms in total. The van der Waals surface area contributed by atoms with E-state index >= 15 is 0 Å². The van der Waals surface area contributed by atoms with Crippen LogP contribution >= 0.6 is 0 Å². The Morgan fingerprint density at radius 1 is 0.909 bits per heavy atom. The lowest BCUT2D eigenvalue weighted by molar-refractivity contribution is -0.132. The minimum absolute atomic E-state index is 0.00437. The average molecular weight is 298 g/mol. The first-order valence-corrected chi connectivity index (χ1v) is 6.38. The van der Waals surface area contributed by atoms with Gasteiger partial charge in [0.2, 0.25) is 0 Å². The van der Waals surface area contributed by atoms with Gasteiger partial charge in [0.1, 0.15) is 0 Å². The topological polar surface area (TPSA) is 112 Å². The minimum Gasteiger partial charge on any atom is -0.478 e. The lowest BCUT2D eigenvalue weighted by Crippen LogP contribution is -2.12. The van der Waals surface area contributed by atoms with Crippen molar-refractivity contribution in [2.45, 2.75) is 6.42 Å². The number of hydrogen-bond donors (Lipinski definition) is 3. The fraction of sp³-hybridized carbons (Fsp3) is 0.0625. The number of carbonyl (C=O) groups is 3. The van der Waals surface area contributed by atoms with Crippen LogP contribution in [0.1, 0.15) is 31.8 Å². The van der Waals surface area contributed by atoms with Crippen molar-refractivity contribution in [3.05, 3.63) is 52.1 Å². The molecule has 0 aromatic heterocycles. The molecule has 0 saturated heterocycles. The summed E-state index contributed by atoms with van der Waals surface area (Å²) >= 11 is 0. The highest BCUT2D eigenvalue weighted by Crippen LogP contribution is 2.34. The second-order valence-corrected chi connectivity index (χ2v) is 5.02. The van der Waals surface area contributed by atoms with Crippen LogP contribution in [-0.2, 0) is 11.2 Å². The molecule has 0 saturated carbocycles. The molecular weight excluding hydrogens is 288 g/mol. The molecule has 0 atom stereocenters. The van der Waals surface area contributed by atoms with Gasteiger partial charge in [-0.1, -0.05) is 6.07 Å². The van der Waals surface area contributed by atoms with Gasteiger partial charge >= 0.3 is 17.9 Å². The molecule has 6 heteroatoms. The molecule has 0 fully saturated rings. The third-order valence-corrected chi connectivity index (χ3v) is 3.69. The highest BCUT2D eigenvalue weighted by Gasteiger charge is 2.23. The standard InChI is InChI=1S/C16H10O6/c17-14(18)9-3-7-1-2-11(16(21)22)12-6-10(15(19)20)5-8(4-9)13(7)12/h1-4,6H,5H2,(H,17,18)(H,19,20)(H,21,22). The van der Waals surface area contributed by atoms with Crippen molar-refractivity contribution in [2.24, 2.45) is 0 Å². The van der Waals surface area contributed by atoms with Gasteiger partial charge in [0.15, 0.2) is 0 Å². The van der Waals surface area contributed by atoms with E-state index in [1.165, 1.54) is 30.3 Å². The first-order valence-electron chi connectivity index (χ1n) is 6.38. The summed E-state index contributed by atoms with van der Waals surface area (Å²) < 4.78 is 0. The fourth-order valence-corrected chi connectivity index (χ4v) is 2.75. The molecule has 0 spiro atoms. The van der Waals surface area contributed by atoms with E-state index in [2.05, 4.69) is 0 Å². The Labute approximate surface area is 123 Å². The predicted octanol–water partition coefficient (Wildman–Crippen LogP) is 2.26. The number of carboxylic acid groups (broad SMARTS) is 3. The maximum Gasteiger partial charge on any atom is 0.336 e. The van der Waals surface area contributed by atoms with Crippen molar-refractivity contribution < 1.29 is 29.7 Å². The van der Waals surface area contributed by atoms with Gasteiger partial charge in [0.05, 0.1) is 11.1 Å².